The molecule has 9 heavy (non-hydrogen) atoms. The molecule has 1 fully saturated rings. The predicted molar refractivity (Wildman–Crippen MR) is 38.2 cm³/mol. The van der Waals surface area contributed by atoms with Gasteiger partial charge < -0.3 is 5.11 Å². The average Bonchev–Trinajstić information content (AvgIpc) is 1.80. The maximum atomic E-state index is 9.35. The molecule has 3 atom stereocenters. The molecule has 1 heteroatoms. The van der Waals surface area contributed by atoms with Crippen LogP contribution >= 0.6 is 0 Å². The molecule has 1 nitrogen and oxygen atoms in total. The number of aliphatic hydroxyl groups is 1. The second-order valence-electron chi connectivity index (χ2n) is 3.46. The molecule has 0 spiro atoms. The van der Waals surface area contributed by atoms with Crippen molar-refractivity contribution in [1.82, 2.24) is 0 Å². The van der Waals surface area contributed by atoms with E-state index in [4.69, 9.17) is 0 Å². The molecule has 1 saturated carbocycles. The largest absolute Gasteiger partial charge is 0.393 e. The Labute approximate surface area is 57.1 Å². The Hall–Kier alpha value is -0.0400. The van der Waals surface area contributed by atoms with Gasteiger partial charge in [-0.25, -0.2) is 0 Å². The molecular formula is C8H16O. The van der Waals surface area contributed by atoms with E-state index >= 15 is 0 Å². The highest BCUT2D eigenvalue weighted by Crippen LogP contribution is 2.27. The lowest BCUT2D eigenvalue weighted by Gasteiger charge is -2.28. The van der Waals surface area contributed by atoms with E-state index in [-0.39, 0.29) is 6.10 Å². The molecule has 0 saturated heterocycles. The van der Waals surface area contributed by atoms with E-state index < -0.39 is 0 Å². The van der Waals surface area contributed by atoms with Crippen LogP contribution in [0.3, 0.4) is 0 Å². The second-order valence-corrected chi connectivity index (χ2v) is 3.46. The number of hydrogen-bond acceptors (Lipinski definition) is 1. The SMILES string of the molecule is C[C@H]1CC[C@@H](C)[C@H](O)C1. The summed E-state index contributed by atoms with van der Waals surface area (Å²) in [6.45, 7) is 4.35. The molecule has 1 N–H and O–H groups in total. The van der Waals surface area contributed by atoms with E-state index in [1.807, 2.05) is 0 Å². The Morgan fingerprint density at radius 1 is 1.22 bits per heavy atom. The highest BCUT2D eigenvalue weighted by Gasteiger charge is 2.22. The van der Waals surface area contributed by atoms with E-state index in [0.29, 0.717) is 5.92 Å². The first kappa shape index (κ1) is 7.07. The van der Waals surface area contributed by atoms with Crippen molar-refractivity contribution < 1.29 is 5.11 Å². The van der Waals surface area contributed by atoms with Crippen LogP contribution in [0.25, 0.3) is 0 Å². The van der Waals surface area contributed by atoms with Crippen LogP contribution in [0.2, 0.25) is 0 Å². The van der Waals surface area contributed by atoms with Crippen LogP contribution in [-0.4, -0.2) is 11.2 Å². The van der Waals surface area contributed by atoms with Gasteiger partial charge in [0.2, 0.25) is 0 Å². The highest BCUT2D eigenvalue weighted by molar-refractivity contribution is 4.74. The normalized spacial score (nSPS) is 45.0. The van der Waals surface area contributed by atoms with Crippen molar-refractivity contribution in [3.8, 4) is 0 Å². The third-order valence-electron chi connectivity index (χ3n) is 2.42. The van der Waals surface area contributed by atoms with Crippen LogP contribution in [0.1, 0.15) is 33.1 Å². The Bertz CT molecular complexity index is 90.6. The van der Waals surface area contributed by atoms with Gasteiger partial charge in [-0.05, 0) is 24.7 Å². The third-order valence-corrected chi connectivity index (χ3v) is 2.42. The lowest BCUT2D eigenvalue weighted by Crippen LogP contribution is -2.25. The third kappa shape index (κ3) is 1.68. The maximum Gasteiger partial charge on any atom is 0.0568 e. The van der Waals surface area contributed by atoms with E-state index in [0.717, 1.165) is 12.3 Å². The van der Waals surface area contributed by atoms with Gasteiger partial charge in [-0.1, -0.05) is 20.3 Å². The summed E-state index contributed by atoms with van der Waals surface area (Å²) >= 11 is 0. The number of aliphatic hydroxyl groups excluding tert-OH is 1. The van der Waals surface area contributed by atoms with Crippen molar-refractivity contribution in [2.24, 2.45) is 11.8 Å². The van der Waals surface area contributed by atoms with E-state index in [1.54, 1.807) is 0 Å². The first-order valence-electron chi connectivity index (χ1n) is 3.88. The van der Waals surface area contributed by atoms with Crippen molar-refractivity contribution in [3.05, 3.63) is 0 Å². The summed E-state index contributed by atoms with van der Waals surface area (Å²) in [5.74, 6) is 1.29. The first-order valence-corrected chi connectivity index (χ1v) is 3.88. The number of rotatable bonds is 0. The molecule has 1 aliphatic rings. The minimum Gasteiger partial charge on any atom is -0.393 e. The molecule has 0 aliphatic heterocycles. The summed E-state index contributed by atoms with van der Waals surface area (Å²) in [5.41, 5.74) is 0. The fourth-order valence-electron chi connectivity index (χ4n) is 1.50. The van der Waals surface area contributed by atoms with E-state index in [2.05, 4.69) is 13.8 Å². The molecule has 0 aromatic rings. The van der Waals surface area contributed by atoms with Gasteiger partial charge in [0.1, 0.15) is 0 Å². The quantitative estimate of drug-likeness (QED) is 0.527. The molecule has 0 radical (unpaired) electrons. The monoisotopic (exact) mass is 128 g/mol. The molecular weight excluding hydrogens is 112 g/mol. The van der Waals surface area contributed by atoms with Crippen molar-refractivity contribution in [3.63, 3.8) is 0 Å². The summed E-state index contributed by atoms with van der Waals surface area (Å²) < 4.78 is 0. The second kappa shape index (κ2) is 2.70. The molecule has 0 aromatic carbocycles. The van der Waals surface area contributed by atoms with Crippen molar-refractivity contribution in [2.75, 3.05) is 0 Å². The van der Waals surface area contributed by atoms with Crippen LogP contribution in [0.4, 0.5) is 0 Å². The lowest BCUT2D eigenvalue weighted by atomic mass is 9.82. The van der Waals surface area contributed by atoms with Crippen molar-refractivity contribution in [1.29, 1.82) is 0 Å². The van der Waals surface area contributed by atoms with Gasteiger partial charge >= 0.3 is 0 Å². The van der Waals surface area contributed by atoms with Gasteiger partial charge in [0.15, 0.2) is 0 Å². The molecule has 0 aromatic heterocycles. The van der Waals surface area contributed by atoms with Gasteiger partial charge in [-0.3, -0.25) is 0 Å². The zero-order valence-corrected chi connectivity index (χ0v) is 6.30. The minimum absolute atomic E-state index is 0.0197. The summed E-state index contributed by atoms with van der Waals surface area (Å²) in [4.78, 5) is 0. The van der Waals surface area contributed by atoms with Crippen LogP contribution in [0.5, 0.6) is 0 Å². The fraction of sp³-hybridized carbons (Fsp3) is 1.00. The molecule has 0 bridgehead atoms. The minimum atomic E-state index is -0.0197. The molecule has 0 unspecified atom stereocenters. The van der Waals surface area contributed by atoms with Gasteiger partial charge in [0.25, 0.3) is 0 Å². The Morgan fingerprint density at radius 2 is 1.89 bits per heavy atom. The van der Waals surface area contributed by atoms with Gasteiger partial charge in [-0.15, -0.1) is 0 Å². The van der Waals surface area contributed by atoms with Crippen LogP contribution in [-0.2, 0) is 0 Å². The van der Waals surface area contributed by atoms with Gasteiger partial charge in [0, 0.05) is 0 Å². The average molecular weight is 128 g/mol. The zero-order chi connectivity index (χ0) is 6.85. The zero-order valence-electron chi connectivity index (χ0n) is 6.30. The Balaban J connectivity index is 2.35. The molecule has 1 rings (SSSR count). The maximum absolute atomic E-state index is 9.35. The summed E-state index contributed by atoms with van der Waals surface area (Å²) in [7, 11) is 0. The summed E-state index contributed by atoms with van der Waals surface area (Å²) in [6, 6.07) is 0. The van der Waals surface area contributed by atoms with Crippen LogP contribution in [0.15, 0.2) is 0 Å². The Morgan fingerprint density at radius 3 is 2.33 bits per heavy atom. The Kier molecular flexibility index (Phi) is 2.12. The van der Waals surface area contributed by atoms with E-state index in [1.165, 1.54) is 12.8 Å². The predicted octanol–water partition coefficient (Wildman–Crippen LogP) is 1.80. The molecule has 1 aliphatic carbocycles. The summed E-state index contributed by atoms with van der Waals surface area (Å²) in [5, 5.41) is 9.35. The van der Waals surface area contributed by atoms with Crippen molar-refractivity contribution >= 4 is 0 Å². The number of hydrogen-bond donors (Lipinski definition) is 1. The lowest BCUT2D eigenvalue weighted by molar-refractivity contribution is 0.0577. The van der Waals surface area contributed by atoms with Gasteiger partial charge in [-0.2, -0.15) is 0 Å². The molecule has 54 valence electrons. The standard InChI is InChI=1S/C8H16O/c1-6-3-4-7(2)8(9)5-6/h6-9H,3-5H2,1-2H3/t6-,7+,8+/m0/s1. The molecule has 0 amide bonds. The first-order chi connectivity index (χ1) is 4.20. The van der Waals surface area contributed by atoms with Crippen LogP contribution in [0, 0.1) is 11.8 Å². The van der Waals surface area contributed by atoms with Gasteiger partial charge in [0.05, 0.1) is 6.10 Å². The van der Waals surface area contributed by atoms with Crippen molar-refractivity contribution in [2.45, 2.75) is 39.2 Å². The van der Waals surface area contributed by atoms with Crippen LogP contribution < -0.4 is 0 Å². The topological polar surface area (TPSA) is 20.2 Å². The highest BCUT2D eigenvalue weighted by atomic mass is 16.3. The van der Waals surface area contributed by atoms with E-state index in [9.17, 15) is 5.11 Å². The fourth-order valence-corrected chi connectivity index (χ4v) is 1.50. The molecule has 0 heterocycles. The summed E-state index contributed by atoms with van der Waals surface area (Å²) in [6.07, 6.45) is 3.51. The smallest absolute Gasteiger partial charge is 0.0568 e.